The van der Waals surface area contributed by atoms with E-state index in [-0.39, 0.29) is 21.0 Å². The van der Waals surface area contributed by atoms with E-state index >= 15 is 0 Å². The number of amides is 1. The zero-order chi connectivity index (χ0) is 25.7. The Balaban J connectivity index is 1.55. The van der Waals surface area contributed by atoms with E-state index < -0.39 is 15.7 Å². The van der Waals surface area contributed by atoms with E-state index in [2.05, 4.69) is 47.8 Å². The number of nitrogens with zero attached hydrogens (tertiary/aromatic N) is 4. The molecule has 2 aromatic heterocycles. The second kappa shape index (κ2) is 8.89. The molecule has 2 aliphatic rings. The Labute approximate surface area is 212 Å². The minimum absolute atomic E-state index is 0.0845. The van der Waals surface area contributed by atoms with Crippen LogP contribution in [0.25, 0.3) is 0 Å². The van der Waals surface area contributed by atoms with Crippen molar-refractivity contribution in [1.29, 1.82) is 0 Å². The predicted molar refractivity (Wildman–Crippen MR) is 139 cm³/mol. The molecule has 3 aromatic rings. The molecule has 1 aromatic carbocycles. The highest BCUT2D eigenvalue weighted by molar-refractivity contribution is 7.91. The Hall–Kier alpha value is -3.46. The summed E-state index contributed by atoms with van der Waals surface area (Å²) in [5, 5.41) is -0.118. The van der Waals surface area contributed by atoms with Crippen LogP contribution >= 0.6 is 0 Å². The van der Waals surface area contributed by atoms with Crippen molar-refractivity contribution >= 4 is 27.4 Å². The first kappa shape index (κ1) is 24.2. The fourth-order valence-corrected chi connectivity index (χ4v) is 6.98. The van der Waals surface area contributed by atoms with Crippen molar-refractivity contribution in [3.8, 4) is 0 Å². The number of fused-ring (bicyclic) bond motifs is 1. The molecule has 36 heavy (non-hydrogen) atoms. The second-order valence-electron chi connectivity index (χ2n) is 10.4. The molecule has 8 nitrogen and oxygen atoms in total. The van der Waals surface area contributed by atoms with E-state index in [1.165, 1.54) is 29.5 Å². The SMILES string of the molecule is CC1CN(c2nccc(S(=O)(=O)c3cccc(N4CCc5ccccc5C4)n3)c2C(N)=O)C(C)(C)C1. The summed E-state index contributed by atoms with van der Waals surface area (Å²) in [7, 11) is -4.14. The summed E-state index contributed by atoms with van der Waals surface area (Å²) < 4.78 is 27.7. The first-order valence-electron chi connectivity index (χ1n) is 12.2. The van der Waals surface area contributed by atoms with Gasteiger partial charge in [-0.3, -0.25) is 4.79 Å². The minimum atomic E-state index is -4.14. The summed E-state index contributed by atoms with van der Waals surface area (Å²) in [4.78, 5) is 25.5. The molecule has 0 spiro atoms. The summed E-state index contributed by atoms with van der Waals surface area (Å²) in [6, 6.07) is 14.5. The van der Waals surface area contributed by atoms with E-state index in [0.29, 0.717) is 30.6 Å². The molecule has 188 valence electrons. The molecule has 9 heteroatoms. The van der Waals surface area contributed by atoms with Gasteiger partial charge in [0.2, 0.25) is 9.84 Å². The third-order valence-electron chi connectivity index (χ3n) is 7.20. The second-order valence-corrected chi connectivity index (χ2v) is 12.2. The molecule has 2 aliphatic heterocycles. The Morgan fingerprint density at radius 1 is 1.08 bits per heavy atom. The fourth-order valence-electron chi connectivity index (χ4n) is 5.59. The summed E-state index contributed by atoms with van der Waals surface area (Å²) in [6.45, 7) is 8.30. The number of anilines is 2. The Bertz CT molecular complexity index is 1440. The van der Waals surface area contributed by atoms with E-state index in [1.807, 2.05) is 23.1 Å². The summed E-state index contributed by atoms with van der Waals surface area (Å²) in [6.07, 6.45) is 3.18. The lowest BCUT2D eigenvalue weighted by Crippen LogP contribution is -2.40. The van der Waals surface area contributed by atoms with Gasteiger partial charge in [-0.05, 0) is 61.9 Å². The van der Waals surface area contributed by atoms with Crippen molar-refractivity contribution in [3.05, 3.63) is 71.4 Å². The molecule has 1 fully saturated rings. The number of pyridine rings is 2. The van der Waals surface area contributed by atoms with E-state index in [4.69, 9.17) is 5.73 Å². The molecular formula is C27H31N5O3S. The van der Waals surface area contributed by atoms with Gasteiger partial charge < -0.3 is 15.5 Å². The van der Waals surface area contributed by atoms with Gasteiger partial charge >= 0.3 is 0 Å². The molecule has 5 rings (SSSR count). The van der Waals surface area contributed by atoms with E-state index in [9.17, 15) is 13.2 Å². The van der Waals surface area contributed by atoms with Crippen LogP contribution in [0.2, 0.25) is 0 Å². The van der Waals surface area contributed by atoms with Crippen molar-refractivity contribution in [2.45, 2.75) is 55.6 Å². The average Bonchev–Trinajstić information content (AvgIpc) is 3.14. The quantitative estimate of drug-likeness (QED) is 0.564. The van der Waals surface area contributed by atoms with Crippen LogP contribution in [0, 0.1) is 5.92 Å². The van der Waals surface area contributed by atoms with Gasteiger partial charge in [-0.25, -0.2) is 18.4 Å². The molecule has 4 heterocycles. The number of nitrogens with two attached hydrogens (primary N) is 1. The summed E-state index contributed by atoms with van der Waals surface area (Å²) >= 11 is 0. The normalized spacial score (nSPS) is 19.2. The molecule has 2 N–H and O–H groups in total. The topological polar surface area (TPSA) is 109 Å². The van der Waals surface area contributed by atoms with Crippen LogP contribution in [-0.4, -0.2) is 42.9 Å². The van der Waals surface area contributed by atoms with Crippen molar-refractivity contribution in [2.75, 3.05) is 22.9 Å². The zero-order valence-electron chi connectivity index (χ0n) is 20.8. The van der Waals surface area contributed by atoms with Crippen LogP contribution in [0.15, 0.2) is 64.6 Å². The molecule has 1 unspecified atom stereocenters. The molecule has 1 atom stereocenters. The Morgan fingerprint density at radius 2 is 1.83 bits per heavy atom. The average molecular weight is 506 g/mol. The molecular weight excluding hydrogens is 474 g/mol. The number of carbonyl (C=O) groups excluding carboxylic acids is 1. The lowest BCUT2D eigenvalue weighted by atomic mass is 9.97. The zero-order valence-corrected chi connectivity index (χ0v) is 21.6. The third kappa shape index (κ3) is 4.21. The largest absolute Gasteiger partial charge is 0.365 e. The van der Waals surface area contributed by atoms with E-state index in [1.54, 1.807) is 6.07 Å². The van der Waals surface area contributed by atoms with Gasteiger partial charge in [-0.2, -0.15) is 0 Å². The number of aromatic nitrogens is 2. The van der Waals surface area contributed by atoms with Crippen LogP contribution in [0.4, 0.5) is 11.6 Å². The number of primary amides is 1. The lowest BCUT2D eigenvalue weighted by molar-refractivity contribution is 0.0997. The lowest BCUT2D eigenvalue weighted by Gasteiger charge is -2.34. The molecule has 0 aliphatic carbocycles. The van der Waals surface area contributed by atoms with Gasteiger partial charge in [-0.1, -0.05) is 37.3 Å². The molecule has 1 saturated heterocycles. The minimum Gasteiger partial charge on any atom is -0.365 e. The maximum atomic E-state index is 13.9. The smallest absolute Gasteiger partial charge is 0.253 e. The Morgan fingerprint density at radius 3 is 2.53 bits per heavy atom. The summed E-state index contributed by atoms with van der Waals surface area (Å²) in [5.41, 5.74) is 7.90. The van der Waals surface area contributed by atoms with Crippen molar-refractivity contribution in [3.63, 3.8) is 0 Å². The van der Waals surface area contributed by atoms with Gasteiger partial charge in [0, 0.05) is 31.4 Å². The van der Waals surface area contributed by atoms with Crippen LogP contribution in [0.3, 0.4) is 0 Å². The number of rotatable bonds is 5. The monoisotopic (exact) mass is 505 g/mol. The van der Waals surface area contributed by atoms with E-state index in [0.717, 1.165) is 19.4 Å². The highest BCUT2D eigenvalue weighted by Crippen LogP contribution is 2.39. The number of hydrogen-bond acceptors (Lipinski definition) is 7. The number of sulfone groups is 1. The number of hydrogen-bond donors (Lipinski definition) is 1. The molecule has 1 amide bonds. The van der Waals surface area contributed by atoms with Crippen LogP contribution in [-0.2, 0) is 22.8 Å². The van der Waals surface area contributed by atoms with Gasteiger partial charge in [0.1, 0.15) is 17.2 Å². The van der Waals surface area contributed by atoms with Gasteiger partial charge in [-0.15, -0.1) is 0 Å². The van der Waals surface area contributed by atoms with Gasteiger partial charge in [0.05, 0.1) is 4.90 Å². The molecule has 0 saturated carbocycles. The highest BCUT2D eigenvalue weighted by atomic mass is 32.2. The van der Waals surface area contributed by atoms with Crippen LogP contribution < -0.4 is 15.5 Å². The number of carbonyl (C=O) groups is 1. The van der Waals surface area contributed by atoms with Crippen molar-refractivity contribution < 1.29 is 13.2 Å². The molecule has 0 bridgehead atoms. The number of benzene rings is 1. The maximum Gasteiger partial charge on any atom is 0.253 e. The fraction of sp³-hybridized carbons (Fsp3) is 0.370. The maximum absolute atomic E-state index is 13.9. The highest BCUT2D eigenvalue weighted by Gasteiger charge is 2.40. The van der Waals surface area contributed by atoms with Crippen molar-refractivity contribution in [2.24, 2.45) is 11.7 Å². The Kier molecular flexibility index (Phi) is 5.98. The molecule has 0 radical (unpaired) electrons. The first-order chi connectivity index (χ1) is 17.1. The standard InChI is InChI=1S/C27H31N5O3S/c1-18-15-27(2,3)32(16-18)26-24(25(28)33)21(11-13-29-26)36(34,35)23-10-6-9-22(30-23)31-14-12-19-7-4-5-8-20(19)17-31/h4-11,13,18H,12,14-17H2,1-3H3,(H2,28,33). The van der Waals surface area contributed by atoms with Gasteiger partial charge in [0.15, 0.2) is 5.03 Å². The van der Waals surface area contributed by atoms with Crippen LogP contribution in [0.5, 0.6) is 0 Å². The van der Waals surface area contributed by atoms with Crippen molar-refractivity contribution in [1.82, 2.24) is 9.97 Å². The predicted octanol–water partition coefficient (Wildman–Crippen LogP) is 3.60. The van der Waals surface area contributed by atoms with Gasteiger partial charge in [0.25, 0.3) is 5.91 Å². The van der Waals surface area contributed by atoms with Crippen LogP contribution in [0.1, 0.15) is 48.7 Å². The summed E-state index contributed by atoms with van der Waals surface area (Å²) in [5.74, 6) is 0.434. The first-order valence-corrected chi connectivity index (χ1v) is 13.7. The third-order valence-corrected chi connectivity index (χ3v) is 8.89.